The van der Waals surface area contributed by atoms with Crippen LogP contribution in [0.1, 0.15) is 37.3 Å². The zero-order valence-electron chi connectivity index (χ0n) is 10.8. The van der Waals surface area contributed by atoms with Crippen molar-refractivity contribution in [2.45, 2.75) is 43.8 Å². The highest BCUT2D eigenvalue weighted by Gasteiger charge is 2.40. The van der Waals surface area contributed by atoms with Crippen molar-refractivity contribution in [3.63, 3.8) is 0 Å². The van der Waals surface area contributed by atoms with Gasteiger partial charge in [0, 0.05) is 18.1 Å². The quantitative estimate of drug-likeness (QED) is 0.872. The molecule has 0 spiro atoms. The van der Waals surface area contributed by atoms with E-state index in [9.17, 15) is 4.39 Å². The van der Waals surface area contributed by atoms with Crippen LogP contribution < -0.4 is 5.73 Å². The summed E-state index contributed by atoms with van der Waals surface area (Å²) in [7, 11) is 2.23. The number of nitrogens with two attached hydrogens (primary N) is 1. The largest absolute Gasteiger partial charge is 0.324 e. The molecule has 2 aliphatic heterocycles. The number of piperidine rings is 1. The Morgan fingerprint density at radius 1 is 1.28 bits per heavy atom. The molecule has 3 heteroatoms. The van der Waals surface area contributed by atoms with E-state index in [1.54, 1.807) is 12.1 Å². The van der Waals surface area contributed by atoms with E-state index in [0.717, 1.165) is 18.4 Å². The lowest BCUT2D eigenvalue weighted by atomic mass is 9.82. The molecule has 98 valence electrons. The minimum absolute atomic E-state index is 0.0162. The summed E-state index contributed by atoms with van der Waals surface area (Å²) in [5.41, 5.74) is 7.30. The normalized spacial score (nSPS) is 33.6. The van der Waals surface area contributed by atoms with E-state index in [1.807, 2.05) is 6.07 Å². The van der Waals surface area contributed by atoms with E-state index in [1.165, 1.54) is 18.9 Å². The van der Waals surface area contributed by atoms with Gasteiger partial charge in [0.1, 0.15) is 5.82 Å². The number of fused-ring (bicyclic) bond motifs is 2. The summed E-state index contributed by atoms with van der Waals surface area (Å²) in [6, 6.07) is 8.14. The smallest absolute Gasteiger partial charge is 0.123 e. The van der Waals surface area contributed by atoms with Crippen LogP contribution >= 0.6 is 0 Å². The highest BCUT2D eigenvalue weighted by atomic mass is 19.1. The van der Waals surface area contributed by atoms with E-state index >= 15 is 0 Å². The van der Waals surface area contributed by atoms with Crippen molar-refractivity contribution < 1.29 is 4.39 Å². The third kappa shape index (κ3) is 2.06. The Balaban J connectivity index is 1.76. The predicted molar refractivity (Wildman–Crippen MR) is 70.6 cm³/mol. The molecule has 3 unspecified atom stereocenters. The molecular formula is C15H21FN2. The van der Waals surface area contributed by atoms with Gasteiger partial charge in [-0.25, -0.2) is 4.39 Å². The summed E-state index contributed by atoms with van der Waals surface area (Å²) in [6.45, 7) is 0. The molecule has 2 bridgehead atoms. The molecule has 2 N–H and O–H groups in total. The standard InChI is InChI=1S/C15H21FN2/c1-18-13-5-6-14(18)9-11(8-13)15(17)10-3-2-4-12(16)7-10/h2-4,7,11,13-15H,5-6,8-9,17H2,1H3. The van der Waals surface area contributed by atoms with Gasteiger partial charge in [-0.1, -0.05) is 12.1 Å². The summed E-state index contributed by atoms with van der Waals surface area (Å²) in [4.78, 5) is 2.51. The molecule has 2 heterocycles. The summed E-state index contributed by atoms with van der Waals surface area (Å²) in [5, 5.41) is 0. The third-order valence-electron chi connectivity index (χ3n) is 4.88. The summed E-state index contributed by atoms with van der Waals surface area (Å²) in [6.07, 6.45) is 4.91. The first-order valence-electron chi connectivity index (χ1n) is 6.88. The molecule has 2 aliphatic rings. The third-order valence-corrected chi connectivity index (χ3v) is 4.88. The van der Waals surface area contributed by atoms with Crippen molar-refractivity contribution in [3.05, 3.63) is 35.6 Å². The number of hydrogen-bond acceptors (Lipinski definition) is 2. The molecule has 1 aromatic carbocycles. The molecular weight excluding hydrogens is 227 g/mol. The Bertz CT molecular complexity index is 420. The molecule has 18 heavy (non-hydrogen) atoms. The second kappa shape index (κ2) is 4.63. The molecule has 0 saturated carbocycles. The number of benzene rings is 1. The Kier molecular flexibility index (Phi) is 3.12. The molecule has 1 aromatic rings. The van der Waals surface area contributed by atoms with Gasteiger partial charge in [0.05, 0.1) is 0 Å². The maximum Gasteiger partial charge on any atom is 0.123 e. The Morgan fingerprint density at radius 2 is 1.94 bits per heavy atom. The van der Waals surface area contributed by atoms with Crippen LogP contribution in [0.15, 0.2) is 24.3 Å². The van der Waals surface area contributed by atoms with Gasteiger partial charge in [-0.15, -0.1) is 0 Å². The lowest BCUT2D eigenvalue weighted by molar-refractivity contribution is 0.121. The lowest BCUT2D eigenvalue weighted by Gasteiger charge is -2.38. The number of hydrogen-bond donors (Lipinski definition) is 1. The van der Waals surface area contributed by atoms with Crippen LogP contribution in [0.2, 0.25) is 0 Å². The first-order valence-corrected chi connectivity index (χ1v) is 6.88. The Morgan fingerprint density at radius 3 is 2.56 bits per heavy atom. The lowest BCUT2D eigenvalue weighted by Crippen LogP contribution is -2.42. The molecule has 0 radical (unpaired) electrons. The Labute approximate surface area is 108 Å². The minimum atomic E-state index is -0.182. The van der Waals surface area contributed by atoms with Crippen LogP contribution in [0.4, 0.5) is 4.39 Å². The van der Waals surface area contributed by atoms with Gasteiger partial charge in [-0.2, -0.15) is 0 Å². The topological polar surface area (TPSA) is 29.3 Å². The monoisotopic (exact) mass is 248 g/mol. The molecule has 3 rings (SSSR count). The second-order valence-electron chi connectivity index (χ2n) is 5.86. The van der Waals surface area contributed by atoms with E-state index < -0.39 is 0 Å². The fraction of sp³-hybridized carbons (Fsp3) is 0.600. The molecule has 0 aromatic heterocycles. The number of halogens is 1. The van der Waals surface area contributed by atoms with Crippen molar-refractivity contribution >= 4 is 0 Å². The van der Waals surface area contributed by atoms with E-state index in [2.05, 4.69) is 11.9 Å². The molecule has 3 atom stereocenters. The molecule has 0 amide bonds. The van der Waals surface area contributed by atoms with Gasteiger partial charge in [0.2, 0.25) is 0 Å². The van der Waals surface area contributed by atoms with E-state index in [4.69, 9.17) is 5.73 Å². The van der Waals surface area contributed by atoms with Gasteiger partial charge >= 0.3 is 0 Å². The zero-order valence-corrected chi connectivity index (χ0v) is 10.8. The minimum Gasteiger partial charge on any atom is -0.324 e. The summed E-state index contributed by atoms with van der Waals surface area (Å²) < 4.78 is 13.3. The molecule has 2 fully saturated rings. The van der Waals surface area contributed by atoms with Gasteiger partial charge in [0.25, 0.3) is 0 Å². The molecule has 2 saturated heterocycles. The van der Waals surface area contributed by atoms with Crippen LogP contribution in [0.5, 0.6) is 0 Å². The van der Waals surface area contributed by atoms with E-state index in [-0.39, 0.29) is 11.9 Å². The number of nitrogens with zero attached hydrogens (tertiary/aromatic N) is 1. The van der Waals surface area contributed by atoms with Gasteiger partial charge < -0.3 is 10.6 Å². The molecule has 2 nitrogen and oxygen atoms in total. The second-order valence-corrected chi connectivity index (χ2v) is 5.86. The van der Waals surface area contributed by atoms with Crippen LogP contribution in [-0.4, -0.2) is 24.0 Å². The maximum atomic E-state index is 13.3. The Hall–Kier alpha value is -0.930. The van der Waals surface area contributed by atoms with Gasteiger partial charge in [-0.05, 0) is 56.3 Å². The first-order chi connectivity index (χ1) is 8.65. The average molecular weight is 248 g/mol. The van der Waals surface area contributed by atoms with Gasteiger partial charge in [-0.3, -0.25) is 0 Å². The van der Waals surface area contributed by atoms with Crippen molar-refractivity contribution in [1.82, 2.24) is 4.90 Å². The predicted octanol–water partition coefficient (Wildman–Crippen LogP) is 2.70. The summed E-state index contributed by atoms with van der Waals surface area (Å²) >= 11 is 0. The zero-order chi connectivity index (χ0) is 12.7. The number of rotatable bonds is 2. The first kappa shape index (κ1) is 12.1. The van der Waals surface area contributed by atoms with E-state index in [0.29, 0.717) is 18.0 Å². The average Bonchev–Trinajstić information content (AvgIpc) is 2.61. The highest BCUT2D eigenvalue weighted by Crippen LogP contribution is 2.41. The fourth-order valence-corrected chi connectivity index (χ4v) is 3.73. The molecule has 0 aliphatic carbocycles. The SMILES string of the molecule is CN1C2CCC1CC(C(N)c1cccc(F)c1)C2. The van der Waals surface area contributed by atoms with Crippen molar-refractivity contribution in [2.75, 3.05) is 7.05 Å². The van der Waals surface area contributed by atoms with Crippen LogP contribution in [0.3, 0.4) is 0 Å². The van der Waals surface area contributed by atoms with Gasteiger partial charge in [0.15, 0.2) is 0 Å². The van der Waals surface area contributed by atoms with Crippen LogP contribution in [0.25, 0.3) is 0 Å². The van der Waals surface area contributed by atoms with Crippen molar-refractivity contribution in [1.29, 1.82) is 0 Å². The van der Waals surface area contributed by atoms with Crippen LogP contribution in [0, 0.1) is 11.7 Å². The summed E-state index contributed by atoms with van der Waals surface area (Å²) in [5.74, 6) is 0.319. The van der Waals surface area contributed by atoms with Crippen molar-refractivity contribution in [3.8, 4) is 0 Å². The van der Waals surface area contributed by atoms with Crippen molar-refractivity contribution in [2.24, 2.45) is 11.7 Å². The fourth-order valence-electron chi connectivity index (χ4n) is 3.73. The van der Waals surface area contributed by atoms with Crippen LogP contribution in [-0.2, 0) is 0 Å². The highest BCUT2D eigenvalue weighted by molar-refractivity contribution is 5.21. The maximum absolute atomic E-state index is 13.3.